The molecule has 3 heteroatoms. The molecule has 0 saturated heterocycles. The van der Waals surface area contributed by atoms with E-state index in [0.29, 0.717) is 0 Å². The van der Waals surface area contributed by atoms with Crippen LogP contribution in [0.2, 0.25) is 0 Å². The molecule has 3 nitrogen and oxygen atoms in total. The summed E-state index contributed by atoms with van der Waals surface area (Å²) >= 11 is 0. The van der Waals surface area contributed by atoms with E-state index in [-0.39, 0.29) is 0 Å². The summed E-state index contributed by atoms with van der Waals surface area (Å²) in [5.74, 6) is 0.899. The van der Waals surface area contributed by atoms with Gasteiger partial charge in [0.05, 0.1) is 7.11 Å². The fourth-order valence-corrected chi connectivity index (χ4v) is 2.52. The monoisotopic (exact) mass is 316 g/mol. The highest BCUT2D eigenvalue weighted by atomic mass is 16.5. The molecule has 0 amide bonds. The Morgan fingerprint density at radius 3 is 2.21 bits per heavy atom. The molecular weight excluding hydrogens is 296 g/mol. The molecular formula is C21H20N2O. The maximum atomic E-state index is 5.17. The molecule has 2 aromatic heterocycles. The fraction of sp³-hybridized carbons (Fsp3) is 0.0952. The Kier molecular flexibility index (Phi) is 5.25. The van der Waals surface area contributed by atoms with Gasteiger partial charge in [0, 0.05) is 30.7 Å². The Morgan fingerprint density at radius 1 is 0.833 bits per heavy atom. The SMILES string of the molecule is COc1ccc(Cn2ccc3ccccc32)cc1.c1ccncc1. The number of nitrogens with zero attached hydrogens (tertiary/aromatic N) is 2. The highest BCUT2D eigenvalue weighted by Crippen LogP contribution is 2.18. The minimum atomic E-state index is 0.886. The molecule has 0 atom stereocenters. The van der Waals surface area contributed by atoms with E-state index in [9.17, 15) is 0 Å². The number of hydrogen-bond donors (Lipinski definition) is 0. The van der Waals surface area contributed by atoms with E-state index in [1.807, 2.05) is 30.3 Å². The summed E-state index contributed by atoms with van der Waals surface area (Å²) in [4.78, 5) is 3.78. The quantitative estimate of drug-likeness (QED) is 0.544. The summed E-state index contributed by atoms with van der Waals surface area (Å²) in [5, 5.41) is 1.28. The standard InChI is InChI=1S/C16H15NO.C5H5N/c1-18-15-8-6-13(7-9-15)12-17-11-10-14-4-2-3-5-16(14)17;1-2-4-6-5-3-1/h2-11H,12H2,1H3;1-5H. The Bertz CT molecular complexity index is 840. The Labute approximate surface area is 142 Å². The molecule has 0 aliphatic carbocycles. The van der Waals surface area contributed by atoms with Crippen molar-refractivity contribution in [2.75, 3.05) is 7.11 Å². The van der Waals surface area contributed by atoms with Gasteiger partial charge in [0.25, 0.3) is 0 Å². The Morgan fingerprint density at radius 2 is 1.58 bits per heavy atom. The number of benzene rings is 2. The van der Waals surface area contributed by atoms with Gasteiger partial charge in [-0.25, -0.2) is 0 Å². The van der Waals surface area contributed by atoms with Gasteiger partial charge in [0.2, 0.25) is 0 Å². The maximum Gasteiger partial charge on any atom is 0.118 e. The average Bonchev–Trinajstić information content (AvgIpc) is 3.07. The third kappa shape index (κ3) is 4.02. The molecule has 24 heavy (non-hydrogen) atoms. The van der Waals surface area contributed by atoms with Gasteiger partial charge in [0.1, 0.15) is 5.75 Å². The molecule has 2 aromatic carbocycles. The molecule has 0 unspecified atom stereocenters. The van der Waals surface area contributed by atoms with Crippen LogP contribution < -0.4 is 4.74 Å². The first-order valence-corrected chi connectivity index (χ1v) is 7.88. The zero-order valence-corrected chi connectivity index (χ0v) is 13.7. The van der Waals surface area contributed by atoms with Gasteiger partial charge in [-0.3, -0.25) is 4.98 Å². The zero-order valence-electron chi connectivity index (χ0n) is 13.7. The summed E-state index contributed by atoms with van der Waals surface area (Å²) < 4.78 is 7.43. The molecule has 120 valence electrons. The van der Waals surface area contributed by atoms with Crippen LogP contribution in [0, 0.1) is 0 Å². The molecule has 0 spiro atoms. The lowest BCUT2D eigenvalue weighted by Gasteiger charge is -2.06. The van der Waals surface area contributed by atoms with Crippen LogP contribution >= 0.6 is 0 Å². The normalized spacial score (nSPS) is 10.0. The molecule has 4 rings (SSSR count). The van der Waals surface area contributed by atoms with Crippen LogP contribution in [0.3, 0.4) is 0 Å². The van der Waals surface area contributed by atoms with E-state index >= 15 is 0 Å². The molecule has 0 saturated carbocycles. The topological polar surface area (TPSA) is 27.1 Å². The van der Waals surface area contributed by atoms with Crippen molar-refractivity contribution in [3.63, 3.8) is 0 Å². The third-order valence-corrected chi connectivity index (χ3v) is 3.76. The molecule has 4 aromatic rings. The number of fused-ring (bicyclic) bond motifs is 1. The predicted molar refractivity (Wildman–Crippen MR) is 98.3 cm³/mol. The third-order valence-electron chi connectivity index (χ3n) is 3.76. The summed E-state index contributed by atoms with van der Waals surface area (Å²) in [7, 11) is 1.69. The summed E-state index contributed by atoms with van der Waals surface area (Å²) in [6.07, 6.45) is 5.63. The minimum Gasteiger partial charge on any atom is -0.497 e. The van der Waals surface area contributed by atoms with E-state index in [4.69, 9.17) is 4.74 Å². The first-order chi connectivity index (χ1) is 11.9. The molecule has 0 N–H and O–H groups in total. The van der Waals surface area contributed by atoms with E-state index in [1.54, 1.807) is 19.5 Å². The van der Waals surface area contributed by atoms with E-state index in [1.165, 1.54) is 16.5 Å². The van der Waals surface area contributed by atoms with E-state index in [0.717, 1.165) is 12.3 Å². The van der Waals surface area contributed by atoms with Crippen molar-refractivity contribution in [3.8, 4) is 5.75 Å². The van der Waals surface area contributed by atoms with E-state index in [2.05, 4.69) is 58.2 Å². The second-order valence-corrected chi connectivity index (χ2v) is 5.38. The molecule has 0 radical (unpaired) electrons. The van der Waals surface area contributed by atoms with Gasteiger partial charge in [-0.2, -0.15) is 0 Å². The van der Waals surface area contributed by atoms with Crippen LogP contribution in [0.1, 0.15) is 5.56 Å². The van der Waals surface area contributed by atoms with Crippen LogP contribution in [0.15, 0.2) is 91.4 Å². The fourth-order valence-electron chi connectivity index (χ4n) is 2.52. The second-order valence-electron chi connectivity index (χ2n) is 5.38. The number of rotatable bonds is 3. The largest absolute Gasteiger partial charge is 0.497 e. The summed E-state index contributed by atoms with van der Waals surface area (Å²) in [6, 6.07) is 24.5. The second kappa shape index (κ2) is 7.97. The van der Waals surface area contributed by atoms with Gasteiger partial charge in [-0.15, -0.1) is 0 Å². The Hall–Kier alpha value is -3.07. The average molecular weight is 316 g/mol. The van der Waals surface area contributed by atoms with Crippen molar-refractivity contribution in [3.05, 3.63) is 97.0 Å². The summed E-state index contributed by atoms with van der Waals surface area (Å²) in [6.45, 7) is 0.886. The molecule has 0 bridgehead atoms. The molecule has 0 aliphatic rings. The van der Waals surface area contributed by atoms with Gasteiger partial charge in [-0.1, -0.05) is 36.4 Å². The number of methoxy groups -OCH3 is 1. The molecule has 0 aliphatic heterocycles. The molecule has 2 heterocycles. The van der Waals surface area contributed by atoms with Gasteiger partial charge in [-0.05, 0) is 47.3 Å². The van der Waals surface area contributed by atoms with Crippen molar-refractivity contribution in [1.29, 1.82) is 0 Å². The van der Waals surface area contributed by atoms with Crippen LogP contribution in [0.25, 0.3) is 10.9 Å². The first kappa shape index (κ1) is 15.8. The lowest BCUT2D eigenvalue weighted by Crippen LogP contribution is -1.97. The van der Waals surface area contributed by atoms with Crippen molar-refractivity contribution in [2.45, 2.75) is 6.54 Å². The highest BCUT2D eigenvalue weighted by Gasteiger charge is 2.01. The molecule has 0 fully saturated rings. The van der Waals surface area contributed by atoms with Gasteiger partial charge >= 0.3 is 0 Å². The number of ether oxygens (including phenoxy) is 1. The van der Waals surface area contributed by atoms with Crippen LogP contribution in [0.5, 0.6) is 5.75 Å². The Balaban J connectivity index is 0.000000238. The number of pyridine rings is 1. The number of aromatic nitrogens is 2. The maximum absolute atomic E-state index is 5.17. The van der Waals surface area contributed by atoms with Crippen LogP contribution in [-0.4, -0.2) is 16.7 Å². The summed E-state index contributed by atoms with van der Waals surface area (Å²) in [5.41, 5.74) is 2.55. The van der Waals surface area contributed by atoms with Gasteiger partial charge < -0.3 is 9.30 Å². The van der Waals surface area contributed by atoms with Crippen LogP contribution in [0.4, 0.5) is 0 Å². The highest BCUT2D eigenvalue weighted by molar-refractivity contribution is 5.80. The first-order valence-electron chi connectivity index (χ1n) is 7.88. The van der Waals surface area contributed by atoms with Gasteiger partial charge in [0.15, 0.2) is 0 Å². The van der Waals surface area contributed by atoms with E-state index < -0.39 is 0 Å². The van der Waals surface area contributed by atoms with Crippen molar-refractivity contribution in [1.82, 2.24) is 9.55 Å². The smallest absolute Gasteiger partial charge is 0.118 e. The van der Waals surface area contributed by atoms with Crippen molar-refractivity contribution < 1.29 is 4.74 Å². The van der Waals surface area contributed by atoms with Crippen molar-refractivity contribution >= 4 is 10.9 Å². The van der Waals surface area contributed by atoms with Crippen molar-refractivity contribution in [2.24, 2.45) is 0 Å². The number of para-hydroxylation sites is 1. The minimum absolute atomic E-state index is 0.886. The predicted octanol–water partition coefficient (Wildman–Crippen LogP) is 4.78. The lowest BCUT2D eigenvalue weighted by molar-refractivity contribution is 0.414. The van der Waals surface area contributed by atoms with Crippen LogP contribution in [-0.2, 0) is 6.54 Å². The lowest BCUT2D eigenvalue weighted by atomic mass is 10.2. The zero-order chi connectivity index (χ0) is 16.6. The number of hydrogen-bond acceptors (Lipinski definition) is 2.